The number of anilines is 2. The third kappa shape index (κ3) is 5.59. The molecule has 2 aromatic rings. The van der Waals surface area contributed by atoms with Gasteiger partial charge < -0.3 is 20.1 Å². The first-order chi connectivity index (χ1) is 16.3. The van der Waals surface area contributed by atoms with Crippen molar-refractivity contribution in [2.45, 2.75) is 45.1 Å². The molecule has 0 aliphatic carbocycles. The molecule has 10 heteroatoms. The molecule has 0 saturated carbocycles. The molecule has 2 saturated heterocycles. The highest BCUT2D eigenvalue weighted by Gasteiger charge is 2.31. The van der Waals surface area contributed by atoms with Gasteiger partial charge in [-0.3, -0.25) is 4.79 Å². The lowest BCUT2D eigenvalue weighted by molar-refractivity contribution is 0.0653. The van der Waals surface area contributed by atoms with Gasteiger partial charge in [-0.1, -0.05) is 11.6 Å². The van der Waals surface area contributed by atoms with Crippen LogP contribution in [0.4, 0.5) is 11.5 Å². The first kappa shape index (κ1) is 24.6. The zero-order valence-electron chi connectivity index (χ0n) is 19.6. The Balaban J connectivity index is 1.61. The summed E-state index contributed by atoms with van der Waals surface area (Å²) in [6.07, 6.45) is 10.1. The van der Waals surface area contributed by atoms with Crippen LogP contribution in [0, 0.1) is 6.92 Å². The van der Waals surface area contributed by atoms with E-state index in [-0.39, 0.29) is 11.9 Å². The monoisotopic (exact) mass is 502 g/mol. The van der Waals surface area contributed by atoms with Gasteiger partial charge in [0.15, 0.2) is 5.82 Å². The van der Waals surface area contributed by atoms with Crippen molar-refractivity contribution >= 4 is 46.5 Å². The summed E-state index contributed by atoms with van der Waals surface area (Å²) in [5, 5.41) is 0.440. The van der Waals surface area contributed by atoms with Gasteiger partial charge in [0.2, 0.25) is 0 Å². The number of aromatic nitrogens is 2. The molecule has 4 rings (SSSR count). The lowest BCUT2D eigenvalue weighted by atomic mass is 9.97. The standard InChI is InChI=1S/C24H31ClN6O2S/c1-16-15-27-22(28-23(16)30-10-5-6-11-30)14-19(26)21-7-3-4-12-31(21)24(32)18-13-17(25)8-9-20(18)29-34(2)33/h8-9,13-15,21,29H,3-7,10-12,26H2,1-2H3/t21-,34?/m0/s1. The van der Waals surface area contributed by atoms with Gasteiger partial charge in [-0.15, -0.1) is 0 Å². The highest BCUT2D eigenvalue weighted by Crippen LogP contribution is 2.29. The first-order valence-corrected chi connectivity index (χ1v) is 13.5. The Morgan fingerprint density at radius 1 is 1.26 bits per heavy atom. The van der Waals surface area contributed by atoms with Crippen LogP contribution in [0.2, 0.25) is 5.02 Å². The summed E-state index contributed by atoms with van der Waals surface area (Å²) in [6, 6.07) is 4.67. The predicted molar refractivity (Wildman–Crippen MR) is 138 cm³/mol. The molecule has 3 N–H and O–H groups in total. The first-order valence-electron chi connectivity index (χ1n) is 11.6. The Bertz CT molecular complexity index is 1070. The Kier molecular flexibility index (Phi) is 7.85. The number of hydrogen-bond acceptors (Lipinski definition) is 7. The van der Waals surface area contributed by atoms with Crippen LogP contribution in [-0.2, 0) is 11.4 Å². The van der Waals surface area contributed by atoms with Gasteiger partial charge in [0.1, 0.15) is 12.1 Å². The van der Waals surface area contributed by atoms with E-state index in [1.165, 1.54) is 19.1 Å². The fourth-order valence-electron chi connectivity index (χ4n) is 4.62. The number of aryl methyl sites for hydroxylation is 1. The fraction of sp³-hybridized carbons (Fsp3) is 0.458. The van der Waals surface area contributed by atoms with Crippen molar-refractivity contribution in [2.24, 2.45) is 5.73 Å². The highest BCUT2D eigenvalue weighted by atomic mass is 35.5. The van der Waals surface area contributed by atoms with E-state index in [0.29, 0.717) is 34.3 Å². The van der Waals surface area contributed by atoms with E-state index in [2.05, 4.69) is 14.6 Å². The van der Waals surface area contributed by atoms with Gasteiger partial charge in [-0.2, -0.15) is 0 Å². The van der Waals surface area contributed by atoms with Gasteiger partial charge in [-0.05, 0) is 57.2 Å². The molecule has 2 atom stereocenters. The summed E-state index contributed by atoms with van der Waals surface area (Å²) in [5.41, 5.74) is 9.02. The highest BCUT2D eigenvalue weighted by molar-refractivity contribution is 7.92. The molecule has 182 valence electrons. The molecular weight excluding hydrogens is 472 g/mol. The smallest absolute Gasteiger partial charge is 0.256 e. The lowest BCUT2D eigenvalue weighted by Gasteiger charge is -2.36. The van der Waals surface area contributed by atoms with Crippen LogP contribution in [0.3, 0.4) is 0 Å². The molecule has 1 unspecified atom stereocenters. The Labute approximate surface area is 208 Å². The van der Waals surface area contributed by atoms with Crippen LogP contribution in [0.25, 0.3) is 6.08 Å². The summed E-state index contributed by atoms with van der Waals surface area (Å²) < 4.78 is 14.6. The van der Waals surface area contributed by atoms with Crippen molar-refractivity contribution in [1.29, 1.82) is 0 Å². The van der Waals surface area contributed by atoms with E-state index in [1.54, 1.807) is 29.2 Å². The second-order valence-corrected chi connectivity index (χ2v) is 10.4. The SMILES string of the molecule is Cc1cnc(C=C(N)[C@@H]2CCCCN2C(=O)c2cc(Cl)ccc2N[S+](C)[O-])nc1N1CCCC1. The maximum Gasteiger partial charge on any atom is 0.256 e. The lowest BCUT2D eigenvalue weighted by Crippen LogP contribution is -2.46. The van der Waals surface area contributed by atoms with Gasteiger partial charge in [0.05, 0.1) is 28.7 Å². The second kappa shape index (κ2) is 10.8. The number of piperidine rings is 1. The molecule has 8 nitrogen and oxygen atoms in total. The number of rotatable bonds is 6. The average molecular weight is 503 g/mol. The molecule has 1 aromatic carbocycles. The van der Waals surface area contributed by atoms with Crippen LogP contribution < -0.4 is 15.4 Å². The fourth-order valence-corrected chi connectivity index (χ4v) is 5.28. The minimum Gasteiger partial charge on any atom is -0.593 e. The Morgan fingerprint density at radius 2 is 2.00 bits per heavy atom. The van der Waals surface area contributed by atoms with Crippen molar-refractivity contribution in [3.05, 3.63) is 52.1 Å². The third-order valence-electron chi connectivity index (χ3n) is 6.28. The van der Waals surface area contributed by atoms with Crippen molar-refractivity contribution in [3.63, 3.8) is 0 Å². The van der Waals surface area contributed by atoms with Gasteiger partial charge in [-0.25, -0.2) is 14.7 Å². The molecule has 0 spiro atoms. The van der Waals surface area contributed by atoms with E-state index in [9.17, 15) is 9.35 Å². The molecule has 0 radical (unpaired) electrons. The van der Waals surface area contributed by atoms with E-state index < -0.39 is 11.4 Å². The Hall–Kier alpha value is -2.49. The minimum absolute atomic E-state index is 0.195. The van der Waals surface area contributed by atoms with Crippen molar-refractivity contribution < 1.29 is 9.35 Å². The number of amides is 1. The van der Waals surface area contributed by atoms with Crippen LogP contribution in [0.1, 0.15) is 53.8 Å². The number of nitrogens with zero attached hydrogens (tertiary/aromatic N) is 4. The van der Waals surface area contributed by atoms with E-state index in [4.69, 9.17) is 22.3 Å². The maximum absolute atomic E-state index is 13.6. The number of benzene rings is 1. The molecule has 2 fully saturated rings. The van der Waals surface area contributed by atoms with Crippen LogP contribution in [-0.4, -0.2) is 57.3 Å². The van der Waals surface area contributed by atoms with Crippen LogP contribution in [0.15, 0.2) is 30.1 Å². The summed E-state index contributed by atoms with van der Waals surface area (Å²) in [5.74, 6) is 1.30. The quantitative estimate of drug-likeness (QED) is 0.579. The molecule has 2 aliphatic rings. The third-order valence-corrected chi connectivity index (χ3v) is 7.02. The normalized spacial score (nSPS) is 19.9. The molecule has 1 aromatic heterocycles. The largest absolute Gasteiger partial charge is 0.593 e. The minimum atomic E-state index is -1.32. The van der Waals surface area contributed by atoms with E-state index in [1.807, 2.05) is 13.1 Å². The topological polar surface area (TPSA) is 110 Å². The molecule has 1 amide bonds. The van der Waals surface area contributed by atoms with Gasteiger partial charge in [0.25, 0.3) is 5.91 Å². The van der Waals surface area contributed by atoms with Crippen molar-refractivity contribution in [3.8, 4) is 0 Å². The summed E-state index contributed by atoms with van der Waals surface area (Å²) in [4.78, 5) is 26.9. The molecule has 34 heavy (non-hydrogen) atoms. The number of carbonyl (C=O) groups excluding carboxylic acids is 1. The predicted octanol–water partition coefficient (Wildman–Crippen LogP) is 3.74. The van der Waals surface area contributed by atoms with E-state index >= 15 is 0 Å². The number of nitrogens with one attached hydrogen (secondary N) is 1. The average Bonchev–Trinajstić information content (AvgIpc) is 3.35. The summed E-state index contributed by atoms with van der Waals surface area (Å²) in [6.45, 7) is 4.60. The Morgan fingerprint density at radius 3 is 2.74 bits per heavy atom. The van der Waals surface area contributed by atoms with E-state index in [0.717, 1.165) is 43.7 Å². The zero-order valence-corrected chi connectivity index (χ0v) is 21.2. The second-order valence-electron chi connectivity index (χ2n) is 8.83. The number of nitrogens with two attached hydrogens (primary N) is 1. The van der Waals surface area contributed by atoms with Crippen LogP contribution >= 0.6 is 11.6 Å². The summed E-state index contributed by atoms with van der Waals surface area (Å²) >= 11 is 4.87. The molecule has 2 aliphatic heterocycles. The number of hydrogen-bond donors (Lipinski definition) is 2. The molecule has 0 bridgehead atoms. The zero-order chi connectivity index (χ0) is 24.2. The number of halogens is 1. The van der Waals surface area contributed by atoms with Gasteiger partial charge >= 0.3 is 0 Å². The van der Waals surface area contributed by atoms with Gasteiger partial charge in [0, 0.05) is 48.2 Å². The van der Waals surface area contributed by atoms with Crippen molar-refractivity contribution in [2.75, 3.05) is 35.5 Å². The molecule has 3 heterocycles. The van der Waals surface area contributed by atoms with Crippen molar-refractivity contribution in [1.82, 2.24) is 14.9 Å². The van der Waals surface area contributed by atoms with Crippen LogP contribution in [0.5, 0.6) is 0 Å². The maximum atomic E-state index is 13.6. The molecular formula is C24H31ClN6O2S. The number of likely N-dealkylation sites (tertiary alicyclic amines) is 1. The summed E-state index contributed by atoms with van der Waals surface area (Å²) in [7, 11) is 0. The number of carbonyl (C=O) groups is 1.